The summed E-state index contributed by atoms with van der Waals surface area (Å²) in [7, 11) is 2.10. The molecule has 21 heavy (non-hydrogen) atoms. The summed E-state index contributed by atoms with van der Waals surface area (Å²) < 4.78 is 0. The Kier molecular flexibility index (Phi) is 8.71. The van der Waals surface area contributed by atoms with Crippen LogP contribution in [0.1, 0.15) is 38.2 Å². The van der Waals surface area contributed by atoms with Crippen LogP contribution in [0.5, 0.6) is 0 Å². The van der Waals surface area contributed by atoms with Crippen molar-refractivity contribution in [3.05, 3.63) is 35.9 Å². The maximum Gasteiger partial charge on any atom is 0.221 e. The SMILES string of the molecule is CCCC(N)CC(=O)NCCCN(C)Cc1ccccc1. The van der Waals surface area contributed by atoms with Gasteiger partial charge in [0.1, 0.15) is 0 Å². The number of carbonyl (C=O) groups excluding carboxylic acids is 1. The van der Waals surface area contributed by atoms with Gasteiger partial charge in [0.15, 0.2) is 0 Å². The second-order valence-electron chi connectivity index (χ2n) is 5.68. The molecule has 0 aliphatic heterocycles. The number of hydrogen-bond donors (Lipinski definition) is 2. The van der Waals surface area contributed by atoms with Crippen molar-refractivity contribution in [3.8, 4) is 0 Å². The Morgan fingerprint density at radius 3 is 2.71 bits per heavy atom. The van der Waals surface area contributed by atoms with E-state index < -0.39 is 0 Å². The first-order valence-electron chi connectivity index (χ1n) is 7.86. The molecular formula is C17H29N3O. The average molecular weight is 291 g/mol. The Bertz CT molecular complexity index is 394. The van der Waals surface area contributed by atoms with Crippen molar-refractivity contribution < 1.29 is 4.79 Å². The van der Waals surface area contributed by atoms with Crippen molar-refractivity contribution in [3.63, 3.8) is 0 Å². The number of carbonyl (C=O) groups is 1. The Balaban J connectivity index is 2.09. The van der Waals surface area contributed by atoms with Gasteiger partial charge in [-0.2, -0.15) is 0 Å². The van der Waals surface area contributed by atoms with Gasteiger partial charge >= 0.3 is 0 Å². The number of nitrogens with one attached hydrogen (secondary N) is 1. The van der Waals surface area contributed by atoms with E-state index in [1.54, 1.807) is 0 Å². The van der Waals surface area contributed by atoms with E-state index in [1.807, 2.05) is 6.07 Å². The maximum absolute atomic E-state index is 11.7. The molecule has 4 heteroatoms. The molecule has 0 fully saturated rings. The first kappa shape index (κ1) is 17.7. The number of nitrogens with two attached hydrogens (primary N) is 1. The number of nitrogens with zero attached hydrogens (tertiary/aromatic N) is 1. The summed E-state index contributed by atoms with van der Waals surface area (Å²) in [4.78, 5) is 13.9. The molecule has 0 bridgehead atoms. The van der Waals surface area contributed by atoms with Crippen molar-refractivity contribution in [1.29, 1.82) is 0 Å². The summed E-state index contributed by atoms with van der Waals surface area (Å²) in [6, 6.07) is 10.4. The number of hydrogen-bond acceptors (Lipinski definition) is 3. The molecule has 1 atom stereocenters. The lowest BCUT2D eigenvalue weighted by atomic mass is 10.1. The largest absolute Gasteiger partial charge is 0.356 e. The summed E-state index contributed by atoms with van der Waals surface area (Å²) in [5.41, 5.74) is 7.17. The zero-order valence-electron chi connectivity index (χ0n) is 13.3. The lowest BCUT2D eigenvalue weighted by molar-refractivity contribution is -0.121. The normalized spacial score (nSPS) is 12.4. The van der Waals surface area contributed by atoms with Crippen molar-refractivity contribution in [2.24, 2.45) is 5.73 Å². The predicted molar refractivity (Wildman–Crippen MR) is 87.9 cm³/mol. The maximum atomic E-state index is 11.7. The zero-order valence-corrected chi connectivity index (χ0v) is 13.3. The third kappa shape index (κ3) is 8.48. The van der Waals surface area contributed by atoms with Crippen LogP contribution in [0.2, 0.25) is 0 Å². The fourth-order valence-electron chi connectivity index (χ4n) is 2.33. The molecule has 0 saturated heterocycles. The molecular weight excluding hydrogens is 262 g/mol. The zero-order chi connectivity index (χ0) is 15.5. The van der Waals surface area contributed by atoms with Gasteiger partial charge in [-0.25, -0.2) is 0 Å². The lowest BCUT2D eigenvalue weighted by Gasteiger charge is -2.17. The first-order valence-corrected chi connectivity index (χ1v) is 7.86. The van der Waals surface area contributed by atoms with Crippen LogP contribution in [0.3, 0.4) is 0 Å². The molecule has 3 N–H and O–H groups in total. The van der Waals surface area contributed by atoms with Gasteiger partial charge in [0, 0.05) is 25.6 Å². The molecule has 1 amide bonds. The monoisotopic (exact) mass is 291 g/mol. The van der Waals surface area contributed by atoms with Crippen molar-refractivity contribution in [1.82, 2.24) is 10.2 Å². The average Bonchev–Trinajstić information content (AvgIpc) is 2.45. The van der Waals surface area contributed by atoms with Crippen LogP contribution >= 0.6 is 0 Å². The van der Waals surface area contributed by atoms with E-state index in [0.717, 1.165) is 38.9 Å². The second kappa shape index (κ2) is 10.4. The van der Waals surface area contributed by atoms with Crippen LogP contribution < -0.4 is 11.1 Å². The van der Waals surface area contributed by atoms with Crippen molar-refractivity contribution >= 4 is 5.91 Å². The summed E-state index contributed by atoms with van der Waals surface area (Å²) in [6.07, 6.45) is 3.33. The van der Waals surface area contributed by atoms with Crippen molar-refractivity contribution in [2.75, 3.05) is 20.1 Å². The fraction of sp³-hybridized carbons (Fsp3) is 0.588. The highest BCUT2D eigenvalue weighted by molar-refractivity contribution is 5.76. The van der Waals surface area contributed by atoms with Crippen LogP contribution in [-0.4, -0.2) is 37.0 Å². The Hall–Kier alpha value is -1.39. The fourth-order valence-corrected chi connectivity index (χ4v) is 2.33. The number of amides is 1. The highest BCUT2D eigenvalue weighted by Gasteiger charge is 2.08. The quantitative estimate of drug-likeness (QED) is 0.649. The molecule has 1 aromatic rings. The smallest absolute Gasteiger partial charge is 0.221 e. The standard InChI is InChI=1S/C17H29N3O/c1-3-8-16(18)13-17(21)19-11-7-12-20(2)14-15-9-5-4-6-10-15/h4-6,9-10,16H,3,7-8,11-14,18H2,1-2H3,(H,19,21). The molecule has 0 aliphatic rings. The number of rotatable bonds is 10. The van der Waals surface area contributed by atoms with Crippen LogP contribution in [-0.2, 0) is 11.3 Å². The van der Waals surface area contributed by atoms with Gasteiger partial charge < -0.3 is 16.0 Å². The van der Waals surface area contributed by atoms with Gasteiger partial charge in [-0.15, -0.1) is 0 Å². The third-order valence-corrected chi connectivity index (χ3v) is 3.44. The Morgan fingerprint density at radius 2 is 2.05 bits per heavy atom. The summed E-state index contributed by atoms with van der Waals surface area (Å²) >= 11 is 0. The van der Waals surface area contributed by atoms with E-state index in [0.29, 0.717) is 6.42 Å². The molecule has 0 heterocycles. The van der Waals surface area contributed by atoms with Gasteiger partial charge in [-0.05, 0) is 32.0 Å². The lowest BCUT2D eigenvalue weighted by Crippen LogP contribution is -2.33. The van der Waals surface area contributed by atoms with E-state index in [9.17, 15) is 4.79 Å². The van der Waals surface area contributed by atoms with E-state index in [4.69, 9.17) is 5.73 Å². The van der Waals surface area contributed by atoms with Crippen molar-refractivity contribution in [2.45, 2.75) is 45.2 Å². The van der Waals surface area contributed by atoms with Gasteiger partial charge in [0.25, 0.3) is 0 Å². The van der Waals surface area contributed by atoms with Crippen LogP contribution in [0.15, 0.2) is 30.3 Å². The molecule has 1 unspecified atom stereocenters. The van der Waals surface area contributed by atoms with Gasteiger partial charge in [0.05, 0.1) is 0 Å². The summed E-state index contributed by atoms with van der Waals surface area (Å²) in [5, 5.41) is 2.95. The third-order valence-electron chi connectivity index (χ3n) is 3.44. The Morgan fingerprint density at radius 1 is 1.33 bits per heavy atom. The van der Waals surface area contributed by atoms with Crippen LogP contribution in [0, 0.1) is 0 Å². The van der Waals surface area contributed by atoms with Gasteiger partial charge in [0.2, 0.25) is 5.91 Å². The molecule has 0 aliphatic carbocycles. The molecule has 118 valence electrons. The summed E-state index contributed by atoms with van der Waals surface area (Å²) in [6.45, 7) is 4.71. The highest BCUT2D eigenvalue weighted by Crippen LogP contribution is 2.02. The van der Waals surface area contributed by atoms with Crippen LogP contribution in [0.25, 0.3) is 0 Å². The molecule has 0 saturated carbocycles. The van der Waals surface area contributed by atoms with E-state index in [1.165, 1.54) is 5.56 Å². The highest BCUT2D eigenvalue weighted by atomic mass is 16.1. The minimum Gasteiger partial charge on any atom is -0.356 e. The van der Waals surface area contributed by atoms with Crippen LogP contribution in [0.4, 0.5) is 0 Å². The molecule has 1 rings (SSSR count). The molecule has 0 radical (unpaired) electrons. The van der Waals surface area contributed by atoms with E-state index in [2.05, 4.69) is 48.5 Å². The minimum atomic E-state index is -0.00393. The molecule has 4 nitrogen and oxygen atoms in total. The predicted octanol–water partition coefficient (Wildman–Crippen LogP) is 2.14. The van der Waals surface area contributed by atoms with E-state index >= 15 is 0 Å². The molecule has 1 aromatic carbocycles. The Labute approximate surface area is 128 Å². The first-order chi connectivity index (χ1) is 10.1. The van der Waals surface area contributed by atoms with E-state index in [-0.39, 0.29) is 11.9 Å². The second-order valence-corrected chi connectivity index (χ2v) is 5.68. The number of benzene rings is 1. The summed E-state index contributed by atoms with van der Waals surface area (Å²) in [5.74, 6) is 0.0710. The molecule has 0 aromatic heterocycles. The minimum absolute atomic E-state index is 0.00393. The van der Waals surface area contributed by atoms with Gasteiger partial charge in [-0.1, -0.05) is 43.7 Å². The topological polar surface area (TPSA) is 58.4 Å². The molecule has 0 spiro atoms. The van der Waals surface area contributed by atoms with Gasteiger partial charge in [-0.3, -0.25) is 4.79 Å².